The molecule has 0 spiro atoms. The fourth-order valence-electron chi connectivity index (χ4n) is 1.63. The first-order valence-corrected chi connectivity index (χ1v) is 6.36. The molecule has 1 N–H and O–H groups in total. The zero-order chi connectivity index (χ0) is 18.2. The standard InChI is InChI=1S/C13H18O10/c1-6(15)21-9(5-14)11(22-7(2)16)12(23-8(3)17)10(18)13(19)20-4/h5,9-12,18H,1-4H3/t9-,10-,11+,12+/m1/s1. The molecule has 0 amide bonds. The third-order valence-electron chi connectivity index (χ3n) is 2.44. The van der Waals surface area contributed by atoms with Crippen molar-refractivity contribution in [3.8, 4) is 0 Å². The molecule has 0 fully saturated rings. The first-order valence-electron chi connectivity index (χ1n) is 6.36. The lowest BCUT2D eigenvalue weighted by atomic mass is 10.0. The molecule has 0 heterocycles. The number of ether oxygens (including phenoxy) is 4. The van der Waals surface area contributed by atoms with Crippen LogP contribution in [0.2, 0.25) is 0 Å². The topological polar surface area (TPSA) is 143 Å². The average Bonchev–Trinajstić information content (AvgIpc) is 2.46. The Balaban J connectivity index is 5.72. The molecule has 10 nitrogen and oxygen atoms in total. The van der Waals surface area contributed by atoms with Crippen LogP contribution >= 0.6 is 0 Å². The second kappa shape index (κ2) is 9.51. The maximum absolute atomic E-state index is 11.5. The number of hydrogen-bond acceptors (Lipinski definition) is 10. The highest BCUT2D eigenvalue weighted by molar-refractivity contribution is 5.77. The molecule has 0 unspecified atom stereocenters. The SMILES string of the molecule is COC(=O)[C@H](O)[C@H](OC(C)=O)[C@@H](OC(C)=O)[C@@H](C=O)OC(C)=O. The fourth-order valence-corrected chi connectivity index (χ4v) is 1.63. The van der Waals surface area contributed by atoms with E-state index in [1.807, 2.05) is 0 Å². The van der Waals surface area contributed by atoms with Gasteiger partial charge in [-0.2, -0.15) is 0 Å². The number of aliphatic hydroxyl groups is 1. The molecular formula is C13H18O10. The van der Waals surface area contributed by atoms with Gasteiger partial charge in [0.1, 0.15) is 0 Å². The maximum Gasteiger partial charge on any atom is 0.338 e. The zero-order valence-electron chi connectivity index (χ0n) is 13.0. The Morgan fingerprint density at radius 3 is 1.65 bits per heavy atom. The highest BCUT2D eigenvalue weighted by atomic mass is 16.6. The second-order valence-electron chi connectivity index (χ2n) is 4.33. The first-order chi connectivity index (χ1) is 10.6. The molecule has 0 rings (SSSR count). The van der Waals surface area contributed by atoms with E-state index in [9.17, 15) is 29.1 Å². The number of carbonyl (C=O) groups is 5. The van der Waals surface area contributed by atoms with Gasteiger partial charge in [0.25, 0.3) is 0 Å². The van der Waals surface area contributed by atoms with E-state index in [1.165, 1.54) is 0 Å². The van der Waals surface area contributed by atoms with Gasteiger partial charge in [-0.25, -0.2) is 4.79 Å². The van der Waals surface area contributed by atoms with Crippen molar-refractivity contribution >= 4 is 30.2 Å². The molecule has 0 bridgehead atoms. The van der Waals surface area contributed by atoms with Gasteiger partial charge < -0.3 is 24.1 Å². The summed E-state index contributed by atoms with van der Waals surface area (Å²) in [6.07, 6.45) is -7.24. The molecule has 0 aromatic carbocycles. The van der Waals surface area contributed by atoms with E-state index >= 15 is 0 Å². The summed E-state index contributed by atoms with van der Waals surface area (Å²) in [5, 5.41) is 9.89. The van der Waals surface area contributed by atoms with Gasteiger partial charge >= 0.3 is 23.9 Å². The predicted molar refractivity (Wildman–Crippen MR) is 70.7 cm³/mol. The molecule has 0 aliphatic carbocycles. The lowest BCUT2D eigenvalue weighted by molar-refractivity contribution is -0.196. The molecule has 0 saturated heterocycles. The predicted octanol–water partition coefficient (Wildman–Crippen LogP) is -1.49. The van der Waals surface area contributed by atoms with Gasteiger partial charge in [-0.1, -0.05) is 0 Å². The molecule has 23 heavy (non-hydrogen) atoms. The van der Waals surface area contributed by atoms with Crippen LogP contribution in [0.5, 0.6) is 0 Å². The minimum Gasteiger partial charge on any atom is -0.467 e. The minimum absolute atomic E-state index is 0.107. The number of rotatable bonds is 8. The third-order valence-corrected chi connectivity index (χ3v) is 2.44. The van der Waals surface area contributed by atoms with Gasteiger partial charge in [0.05, 0.1) is 7.11 Å². The van der Waals surface area contributed by atoms with Crippen molar-refractivity contribution < 1.29 is 48.0 Å². The lowest BCUT2D eigenvalue weighted by Gasteiger charge is -2.31. The summed E-state index contributed by atoms with van der Waals surface area (Å²) < 4.78 is 18.5. The van der Waals surface area contributed by atoms with Crippen molar-refractivity contribution in [3.63, 3.8) is 0 Å². The number of carbonyl (C=O) groups excluding carboxylic acids is 5. The molecule has 0 radical (unpaired) electrons. The van der Waals surface area contributed by atoms with Gasteiger partial charge in [0, 0.05) is 20.8 Å². The summed E-state index contributed by atoms with van der Waals surface area (Å²) in [6, 6.07) is 0. The second-order valence-corrected chi connectivity index (χ2v) is 4.33. The Morgan fingerprint density at radius 1 is 0.870 bits per heavy atom. The Labute approximate surface area is 131 Å². The average molecular weight is 334 g/mol. The van der Waals surface area contributed by atoms with E-state index in [0.717, 1.165) is 27.9 Å². The molecule has 4 atom stereocenters. The Kier molecular flexibility index (Phi) is 8.48. The highest BCUT2D eigenvalue weighted by Crippen LogP contribution is 2.17. The summed E-state index contributed by atoms with van der Waals surface area (Å²) in [4.78, 5) is 56.0. The van der Waals surface area contributed by atoms with Crippen LogP contribution in [0.4, 0.5) is 0 Å². The van der Waals surface area contributed by atoms with Gasteiger partial charge in [-0.15, -0.1) is 0 Å². The van der Waals surface area contributed by atoms with Crippen LogP contribution in [0.1, 0.15) is 20.8 Å². The van der Waals surface area contributed by atoms with Crippen LogP contribution in [0.15, 0.2) is 0 Å². The highest BCUT2D eigenvalue weighted by Gasteiger charge is 2.44. The molecule has 0 aliphatic heterocycles. The summed E-state index contributed by atoms with van der Waals surface area (Å²) in [7, 11) is 0.959. The molecule has 0 saturated carbocycles. The Hall–Kier alpha value is -2.49. The number of aldehydes is 1. The van der Waals surface area contributed by atoms with E-state index in [-0.39, 0.29) is 6.29 Å². The number of aliphatic hydroxyl groups excluding tert-OH is 1. The van der Waals surface area contributed by atoms with Crippen molar-refractivity contribution in [2.75, 3.05) is 7.11 Å². The molecule has 0 aromatic heterocycles. The van der Waals surface area contributed by atoms with Crippen LogP contribution in [0.3, 0.4) is 0 Å². The van der Waals surface area contributed by atoms with Crippen LogP contribution < -0.4 is 0 Å². The van der Waals surface area contributed by atoms with E-state index < -0.39 is 48.3 Å². The maximum atomic E-state index is 11.5. The summed E-state index contributed by atoms with van der Waals surface area (Å²) >= 11 is 0. The monoisotopic (exact) mass is 334 g/mol. The zero-order valence-corrected chi connectivity index (χ0v) is 13.0. The fraction of sp³-hybridized carbons (Fsp3) is 0.615. The molecular weight excluding hydrogens is 316 g/mol. The first kappa shape index (κ1) is 20.5. The van der Waals surface area contributed by atoms with Gasteiger partial charge in [0.2, 0.25) is 0 Å². The van der Waals surface area contributed by atoms with Crippen LogP contribution in [-0.4, -0.2) is 66.8 Å². The summed E-state index contributed by atoms with van der Waals surface area (Å²) in [5.41, 5.74) is 0. The molecule has 0 aromatic rings. The quantitative estimate of drug-likeness (QED) is 0.317. The minimum atomic E-state index is -2.08. The molecule has 130 valence electrons. The third kappa shape index (κ3) is 6.87. The van der Waals surface area contributed by atoms with Gasteiger partial charge in [-0.05, 0) is 0 Å². The van der Waals surface area contributed by atoms with Crippen LogP contribution in [0, 0.1) is 0 Å². The van der Waals surface area contributed by atoms with Crippen LogP contribution in [0.25, 0.3) is 0 Å². The number of methoxy groups -OCH3 is 1. The van der Waals surface area contributed by atoms with Gasteiger partial charge in [-0.3, -0.25) is 19.2 Å². The van der Waals surface area contributed by atoms with Gasteiger partial charge in [0.15, 0.2) is 30.7 Å². The van der Waals surface area contributed by atoms with E-state index in [0.29, 0.717) is 0 Å². The van der Waals surface area contributed by atoms with E-state index in [1.54, 1.807) is 0 Å². The van der Waals surface area contributed by atoms with E-state index in [2.05, 4.69) is 9.47 Å². The van der Waals surface area contributed by atoms with Crippen molar-refractivity contribution in [3.05, 3.63) is 0 Å². The lowest BCUT2D eigenvalue weighted by Crippen LogP contribution is -2.53. The molecule has 10 heteroatoms. The Bertz CT molecular complexity index is 471. The van der Waals surface area contributed by atoms with Crippen molar-refractivity contribution in [2.24, 2.45) is 0 Å². The van der Waals surface area contributed by atoms with Crippen LogP contribution in [-0.2, 0) is 42.9 Å². The normalized spacial score (nSPS) is 15.3. The number of esters is 4. The summed E-state index contributed by atoms with van der Waals surface area (Å²) in [5.74, 6) is -3.97. The van der Waals surface area contributed by atoms with Crippen molar-refractivity contribution in [1.29, 1.82) is 0 Å². The largest absolute Gasteiger partial charge is 0.467 e. The number of hydrogen-bond donors (Lipinski definition) is 1. The van der Waals surface area contributed by atoms with E-state index in [4.69, 9.17) is 9.47 Å². The molecule has 0 aliphatic rings. The smallest absolute Gasteiger partial charge is 0.338 e. The van der Waals surface area contributed by atoms with Crippen molar-refractivity contribution in [2.45, 2.75) is 45.2 Å². The Morgan fingerprint density at radius 2 is 1.30 bits per heavy atom. The van der Waals surface area contributed by atoms with Crippen molar-refractivity contribution in [1.82, 2.24) is 0 Å². The summed E-state index contributed by atoms with van der Waals surface area (Å²) in [6.45, 7) is 2.92.